The fourth-order valence-electron chi connectivity index (χ4n) is 2.12. The number of rotatable bonds is 2. The van der Waals surface area contributed by atoms with E-state index in [1.54, 1.807) is 0 Å². The number of nitrogens with zero attached hydrogens (tertiary/aromatic N) is 2. The molecule has 4 nitrogen and oxygen atoms in total. The molecule has 19 heavy (non-hydrogen) atoms. The molecule has 0 aromatic carbocycles. The highest BCUT2D eigenvalue weighted by molar-refractivity contribution is 7.12. The first kappa shape index (κ1) is 14.1. The van der Waals surface area contributed by atoms with Gasteiger partial charge in [0.25, 0.3) is 5.91 Å². The minimum Gasteiger partial charge on any atom is -0.384 e. The molecule has 1 fully saturated rings. The number of thiophene rings is 1. The molecular weight excluding hydrogens is 260 g/mol. The first-order valence-electron chi connectivity index (χ1n) is 6.45. The van der Waals surface area contributed by atoms with Crippen LogP contribution in [-0.2, 0) is 0 Å². The van der Waals surface area contributed by atoms with E-state index in [1.165, 1.54) is 11.3 Å². The van der Waals surface area contributed by atoms with Crippen molar-refractivity contribution < 1.29 is 9.90 Å². The molecule has 2 rings (SSSR count). The second-order valence-electron chi connectivity index (χ2n) is 4.35. The molecule has 1 amide bonds. The summed E-state index contributed by atoms with van der Waals surface area (Å²) in [6, 6.07) is 1.84. The van der Waals surface area contributed by atoms with E-state index in [2.05, 4.69) is 23.7 Å². The molecular formula is C14H18N2O2S. The summed E-state index contributed by atoms with van der Waals surface area (Å²) in [6.45, 7) is 6.41. The Labute approximate surface area is 117 Å². The highest BCUT2D eigenvalue weighted by atomic mass is 32.1. The summed E-state index contributed by atoms with van der Waals surface area (Å²) in [5, 5.41) is 10.6. The molecule has 0 aliphatic carbocycles. The van der Waals surface area contributed by atoms with Crippen LogP contribution in [0.5, 0.6) is 0 Å². The molecule has 1 saturated heterocycles. The van der Waals surface area contributed by atoms with Gasteiger partial charge >= 0.3 is 0 Å². The van der Waals surface area contributed by atoms with Crippen molar-refractivity contribution in [3.05, 3.63) is 21.9 Å². The maximum absolute atomic E-state index is 12.4. The molecule has 1 aliphatic heterocycles. The Morgan fingerprint density at radius 2 is 2.16 bits per heavy atom. The topological polar surface area (TPSA) is 43.8 Å². The van der Waals surface area contributed by atoms with E-state index in [0.29, 0.717) is 4.88 Å². The summed E-state index contributed by atoms with van der Waals surface area (Å²) >= 11 is 1.42. The molecule has 0 radical (unpaired) electrons. The standard InChI is InChI=1S/C14H18N2O2S/c1-2-15-6-8-16(9-7-15)14(18)13-12(4-3-10-17)5-11-19-13/h5,11,17H,2,6-10H2,1H3. The summed E-state index contributed by atoms with van der Waals surface area (Å²) in [4.78, 5) is 17.3. The number of aliphatic hydroxyl groups excluding tert-OH is 1. The van der Waals surface area contributed by atoms with Gasteiger partial charge in [-0.25, -0.2) is 0 Å². The molecule has 1 aliphatic rings. The van der Waals surface area contributed by atoms with Crippen LogP contribution in [0.2, 0.25) is 0 Å². The van der Waals surface area contributed by atoms with E-state index in [0.717, 1.165) is 38.3 Å². The third kappa shape index (κ3) is 3.35. The molecule has 0 atom stereocenters. The molecule has 102 valence electrons. The predicted octanol–water partition coefficient (Wildman–Crippen LogP) is 0.870. The number of carbonyl (C=O) groups is 1. The lowest BCUT2D eigenvalue weighted by Gasteiger charge is -2.33. The second-order valence-corrected chi connectivity index (χ2v) is 5.27. The van der Waals surface area contributed by atoms with Crippen molar-refractivity contribution in [3.8, 4) is 11.8 Å². The van der Waals surface area contributed by atoms with Crippen LogP contribution in [-0.4, -0.2) is 60.1 Å². The monoisotopic (exact) mass is 278 g/mol. The summed E-state index contributed by atoms with van der Waals surface area (Å²) in [5.74, 6) is 5.50. The Balaban J connectivity index is 2.06. The van der Waals surface area contributed by atoms with Crippen LogP contribution >= 0.6 is 11.3 Å². The summed E-state index contributed by atoms with van der Waals surface area (Å²) in [5.41, 5.74) is 0.724. The lowest BCUT2D eigenvalue weighted by molar-refractivity contribution is 0.0648. The number of amides is 1. The number of likely N-dealkylation sites (N-methyl/N-ethyl adjacent to an activating group) is 1. The quantitative estimate of drug-likeness (QED) is 0.816. The number of carbonyl (C=O) groups excluding carboxylic acids is 1. The predicted molar refractivity (Wildman–Crippen MR) is 76.3 cm³/mol. The Bertz CT molecular complexity index is 493. The van der Waals surface area contributed by atoms with Gasteiger partial charge in [-0.3, -0.25) is 4.79 Å². The summed E-state index contributed by atoms with van der Waals surface area (Å²) in [7, 11) is 0. The van der Waals surface area contributed by atoms with Gasteiger partial charge in [0.15, 0.2) is 0 Å². The van der Waals surface area contributed by atoms with Gasteiger partial charge < -0.3 is 14.9 Å². The third-order valence-corrected chi connectivity index (χ3v) is 4.17. The van der Waals surface area contributed by atoms with Crippen molar-refractivity contribution in [2.45, 2.75) is 6.92 Å². The fraction of sp³-hybridized carbons (Fsp3) is 0.500. The highest BCUT2D eigenvalue weighted by Crippen LogP contribution is 2.19. The minimum atomic E-state index is -0.182. The van der Waals surface area contributed by atoms with Crippen molar-refractivity contribution in [1.82, 2.24) is 9.80 Å². The SMILES string of the molecule is CCN1CCN(C(=O)c2sccc2C#CCO)CC1. The van der Waals surface area contributed by atoms with Gasteiger partial charge in [-0.15, -0.1) is 11.3 Å². The zero-order chi connectivity index (χ0) is 13.7. The zero-order valence-corrected chi connectivity index (χ0v) is 11.9. The van der Waals surface area contributed by atoms with Crippen molar-refractivity contribution in [3.63, 3.8) is 0 Å². The van der Waals surface area contributed by atoms with Crippen LogP contribution in [0.25, 0.3) is 0 Å². The summed E-state index contributed by atoms with van der Waals surface area (Å²) < 4.78 is 0. The molecule has 0 bridgehead atoms. The molecule has 1 aromatic rings. The van der Waals surface area contributed by atoms with E-state index < -0.39 is 0 Å². The Kier molecular flexibility index (Phi) is 4.97. The molecule has 0 saturated carbocycles. The third-order valence-electron chi connectivity index (χ3n) is 3.27. The molecule has 0 unspecified atom stereocenters. The van der Waals surface area contributed by atoms with Gasteiger partial charge in [0.05, 0.1) is 0 Å². The van der Waals surface area contributed by atoms with Gasteiger partial charge in [0.2, 0.25) is 0 Å². The van der Waals surface area contributed by atoms with E-state index in [4.69, 9.17) is 5.11 Å². The lowest BCUT2D eigenvalue weighted by Crippen LogP contribution is -2.48. The van der Waals surface area contributed by atoms with E-state index in [1.807, 2.05) is 16.3 Å². The molecule has 5 heteroatoms. The van der Waals surface area contributed by atoms with Crippen LogP contribution < -0.4 is 0 Å². The normalized spacial score (nSPS) is 16.0. The van der Waals surface area contributed by atoms with Crippen LogP contribution in [0.1, 0.15) is 22.2 Å². The van der Waals surface area contributed by atoms with E-state index >= 15 is 0 Å². The highest BCUT2D eigenvalue weighted by Gasteiger charge is 2.23. The largest absolute Gasteiger partial charge is 0.384 e. The van der Waals surface area contributed by atoms with Gasteiger partial charge in [-0.05, 0) is 18.0 Å². The number of hydrogen-bond donors (Lipinski definition) is 1. The van der Waals surface area contributed by atoms with Crippen LogP contribution in [0.15, 0.2) is 11.4 Å². The first-order chi connectivity index (χ1) is 9.26. The lowest BCUT2D eigenvalue weighted by atomic mass is 10.2. The molecule has 2 heterocycles. The molecule has 0 spiro atoms. The van der Waals surface area contributed by atoms with Gasteiger partial charge in [0.1, 0.15) is 11.5 Å². The number of piperazine rings is 1. The summed E-state index contributed by atoms with van der Waals surface area (Å²) in [6.07, 6.45) is 0. The van der Waals surface area contributed by atoms with Crippen LogP contribution in [0.4, 0.5) is 0 Å². The second kappa shape index (κ2) is 6.71. The average molecular weight is 278 g/mol. The van der Waals surface area contributed by atoms with E-state index in [9.17, 15) is 4.79 Å². The zero-order valence-electron chi connectivity index (χ0n) is 11.1. The fourth-order valence-corrected chi connectivity index (χ4v) is 2.94. The number of aliphatic hydroxyl groups is 1. The van der Waals surface area contributed by atoms with Crippen LogP contribution in [0, 0.1) is 11.8 Å². The van der Waals surface area contributed by atoms with Crippen molar-refractivity contribution >= 4 is 17.2 Å². The van der Waals surface area contributed by atoms with Crippen molar-refractivity contribution in [1.29, 1.82) is 0 Å². The minimum absolute atomic E-state index is 0.0630. The van der Waals surface area contributed by atoms with Gasteiger partial charge in [-0.2, -0.15) is 0 Å². The Morgan fingerprint density at radius 1 is 1.42 bits per heavy atom. The molecule has 1 aromatic heterocycles. The number of hydrogen-bond acceptors (Lipinski definition) is 4. The van der Waals surface area contributed by atoms with Crippen molar-refractivity contribution in [2.75, 3.05) is 39.3 Å². The van der Waals surface area contributed by atoms with Gasteiger partial charge in [-0.1, -0.05) is 18.8 Å². The maximum Gasteiger partial charge on any atom is 0.265 e. The first-order valence-corrected chi connectivity index (χ1v) is 7.33. The Morgan fingerprint density at radius 3 is 2.79 bits per heavy atom. The van der Waals surface area contributed by atoms with Crippen LogP contribution in [0.3, 0.4) is 0 Å². The molecule has 1 N–H and O–H groups in total. The maximum atomic E-state index is 12.4. The smallest absolute Gasteiger partial charge is 0.265 e. The average Bonchev–Trinajstić information content (AvgIpc) is 2.92. The Hall–Kier alpha value is -1.35. The van der Waals surface area contributed by atoms with E-state index in [-0.39, 0.29) is 12.5 Å². The van der Waals surface area contributed by atoms with Crippen molar-refractivity contribution in [2.24, 2.45) is 0 Å². The van der Waals surface area contributed by atoms with Gasteiger partial charge in [0, 0.05) is 31.7 Å².